The second-order valence-electron chi connectivity index (χ2n) is 2.79. The van der Waals surface area contributed by atoms with Crippen LogP contribution in [0.5, 0.6) is 11.5 Å². The lowest BCUT2D eigenvalue weighted by molar-refractivity contribution is 0.174. The van der Waals surface area contributed by atoms with Gasteiger partial charge in [-0.2, -0.15) is 0 Å². The number of hydrogen-bond donors (Lipinski definition) is 0. The van der Waals surface area contributed by atoms with Crippen LogP contribution in [0, 0.1) is 13.8 Å². The zero-order valence-corrected chi connectivity index (χ0v) is 8.68. The average molecular weight is 180 g/mol. The van der Waals surface area contributed by atoms with E-state index < -0.39 is 0 Å². The van der Waals surface area contributed by atoms with E-state index in [0.29, 0.717) is 6.79 Å². The number of benzene rings is 1. The highest BCUT2D eigenvalue weighted by atomic mass is 16.7. The van der Waals surface area contributed by atoms with Crippen LogP contribution in [0.1, 0.15) is 25.0 Å². The van der Waals surface area contributed by atoms with E-state index in [-0.39, 0.29) is 0 Å². The van der Waals surface area contributed by atoms with Crippen molar-refractivity contribution < 1.29 is 9.47 Å². The number of aryl methyl sites for hydroxylation is 2. The largest absolute Gasteiger partial charge is 0.454 e. The Balaban J connectivity index is 0.000000396. The quantitative estimate of drug-likeness (QED) is 0.611. The summed E-state index contributed by atoms with van der Waals surface area (Å²) in [5.74, 6) is 1.74. The zero-order valence-electron chi connectivity index (χ0n) is 8.68. The molecule has 1 aromatic carbocycles. The summed E-state index contributed by atoms with van der Waals surface area (Å²) in [6.07, 6.45) is 0. The molecule has 0 bridgehead atoms. The van der Waals surface area contributed by atoms with Crippen LogP contribution < -0.4 is 9.47 Å². The van der Waals surface area contributed by atoms with Crippen molar-refractivity contribution in [2.75, 3.05) is 6.79 Å². The van der Waals surface area contributed by atoms with Crippen molar-refractivity contribution in [1.29, 1.82) is 0 Å². The van der Waals surface area contributed by atoms with Crippen LogP contribution in [0.3, 0.4) is 0 Å². The molecule has 0 N–H and O–H groups in total. The minimum atomic E-state index is 0.359. The van der Waals surface area contributed by atoms with E-state index in [1.807, 2.05) is 26.0 Å². The molecule has 0 unspecified atom stereocenters. The van der Waals surface area contributed by atoms with Crippen molar-refractivity contribution in [1.82, 2.24) is 0 Å². The predicted octanol–water partition coefficient (Wildman–Crippen LogP) is 3.06. The number of hydrogen-bond acceptors (Lipinski definition) is 2. The standard InChI is InChI=1S/C9H10O2.C2H6/c1-6-3-8-9(4-7(6)2)11-5-10-8;1-2/h3-4H,5H2,1-2H3;1-2H3. The highest BCUT2D eigenvalue weighted by molar-refractivity contribution is 5.47. The maximum Gasteiger partial charge on any atom is 0.231 e. The molecule has 0 radical (unpaired) electrons. The molecule has 0 aliphatic carbocycles. The van der Waals surface area contributed by atoms with Crippen LogP contribution >= 0.6 is 0 Å². The van der Waals surface area contributed by atoms with Crippen molar-refractivity contribution in [2.24, 2.45) is 0 Å². The van der Waals surface area contributed by atoms with Gasteiger partial charge >= 0.3 is 0 Å². The van der Waals surface area contributed by atoms with Crippen LogP contribution in [-0.2, 0) is 0 Å². The summed E-state index contributed by atoms with van der Waals surface area (Å²) < 4.78 is 10.4. The molecule has 1 aliphatic heterocycles. The van der Waals surface area contributed by atoms with Crippen molar-refractivity contribution in [3.63, 3.8) is 0 Å². The van der Waals surface area contributed by atoms with Crippen molar-refractivity contribution in [3.8, 4) is 11.5 Å². The molecular formula is C11H16O2. The second kappa shape index (κ2) is 4.17. The molecule has 0 saturated heterocycles. The highest BCUT2D eigenvalue weighted by Gasteiger charge is 2.13. The molecule has 1 aromatic rings. The van der Waals surface area contributed by atoms with E-state index in [4.69, 9.17) is 9.47 Å². The van der Waals surface area contributed by atoms with Crippen LogP contribution in [-0.4, -0.2) is 6.79 Å². The third kappa shape index (κ3) is 1.94. The van der Waals surface area contributed by atoms with Crippen molar-refractivity contribution in [3.05, 3.63) is 23.3 Å². The van der Waals surface area contributed by atoms with Gasteiger partial charge in [0.05, 0.1) is 0 Å². The van der Waals surface area contributed by atoms with E-state index in [0.717, 1.165) is 11.5 Å². The fourth-order valence-electron chi connectivity index (χ4n) is 1.15. The van der Waals surface area contributed by atoms with Gasteiger partial charge in [-0.15, -0.1) is 0 Å². The van der Waals surface area contributed by atoms with Gasteiger partial charge in [0.15, 0.2) is 11.5 Å². The summed E-state index contributed by atoms with van der Waals surface area (Å²) in [4.78, 5) is 0. The summed E-state index contributed by atoms with van der Waals surface area (Å²) >= 11 is 0. The molecule has 0 aromatic heterocycles. The smallest absolute Gasteiger partial charge is 0.231 e. The van der Waals surface area contributed by atoms with E-state index in [2.05, 4.69) is 13.8 Å². The van der Waals surface area contributed by atoms with Gasteiger partial charge < -0.3 is 9.47 Å². The van der Waals surface area contributed by atoms with Crippen molar-refractivity contribution >= 4 is 0 Å². The molecule has 0 atom stereocenters. The molecule has 2 nitrogen and oxygen atoms in total. The molecule has 2 rings (SSSR count). The Kier molecular flexibility index (Phi) is 3.18. The number of rotatable bonds is 0. The number of ether oxygens (including phenoxy) is 2. The lowest BCUT2D eigenvalue weighted by Gasteiger charge is -2.00. The molecule has 1 heterocycles. The Morgan fingerprint density at radius 2 is 1.31 bits per heavy atom. The maximum absolute atomic E-state index is 5.21. The Bertz CT molecular complexity index is 263. The van der Waals surface area contributed by atoms with Crippen LogP contribution in [0.15, 0.2) is 12.1 Å². The molecule has 72 valence electrons. The van der Waals surface area contributed by atoms with Gasteiger partial charge in [0, 0.05) is 0 Å². The highest BCUT2D eigenvalue weighted by Crippen LogP contribution is 2.33. The SMILES string of the molecule is CC.Cc1cc2c(cc1C)OCO2. The minimum absolute atomic E-state index is 0.359. The lowest BCUT2D eigenvalue weighted by atomic mass is 10.1. The Hall–Kier alpha value is -1.18. The summed E-state index contributed by atoms with van der Waals surface area (Å²) in [5.41, 5.74) is 2.49. The van der Waals surface area contributed by atoms with Gasteiger partial charge in [-0.05, 0) is 37.1 Å². The van der Waals surface area contributed by atoms with Gasteiger partial charge in [0.25, 0.3) is 0 Å². The first-order valence-electron chi connectivity index (χ1n) is 4.64. The van der Waals surface area contributed by atoms with Gasteiger partial charge in [-0.25, -0.2) is 0 Å². The minimum Gasteiger partial charge on any atom is -0.454 e. The zero-order chi connectivity index (χ0) is 9.84. The number of fused-ring (bicyclic) bond motifs is 1. The van der Waals surface area contributed by atoms with E-state index in [1.54, 1.807) is 0 Å². The van der Waals surface area contributed by atoms with E-state index in [1.165, 1.54) is 11.1 Å². The summed E-state index contributed by atoms with van der Waals surface area (Å²) in [7, 11) is 0. The summed E-state index contributed by atoms with van der Waals surface area (Å²) in [6, 6.07) is 4.02. The van der Waals surface area contributed by atoms with Gasteiger partial charge in [-0.3, -0.25) is 0 Å². The Labute approximate surface area is 79.5 Å². The molecular weight excluding hydrogens is 164 g/mol. The monoisotopic (exact) mass is 180 g/mol. The normalized spacial score (nSPS) is 12.0. The molecule has 13 heavy (non-hydrogen) atoms. The molecule has 0 amide bonds. The predicted molar refractivity (Wildman–Crippen MR) is 53.4 cm³/mol. The Morgan fingerprint density at radius 1 is 0.923 bits per heavy atom. The van der Waals surface area contributed by atoms with Gasteiger partial charge in [0.1, 0.15) is 0 Å². The molecule has 1 aliphatic rings. The first kappa shape index (κ1) is 9.90. The Morgan fingerprint density at radius 3 is 1.69 bits per heavy atom. The van der Waals surface area contributed by atoms with E-state index in [9.17, 15) is 0 Å². The van der Waals surface area contributed by atoms with Crippen LogP contribution in [0.4, 0.5) is 0 Å². The molecule has 0 saturated carbocycles. The summed E-state index contributed by atoms with van der Waals surface area (Å²) in [5, 5.41) is 0. The topological polar surface area (TPSA) is 18.5 Å². The van der Waals surface area contributed by atoms with Crippen LogP contribution in [0.25, 0.3) is 0 Å². The average Bonchev–Trinajstić information content (AvgIpc) is 2.56. The molecule has 0 spiro atoms. The third-order valence-electron chi connectivity index (χ3n) is 1.99. The second-order valence-corrected chi connectivity index (χ2v) is 2.79. The van der Waals surface area contributed by atoms with Gasteiger partial charge in [0.2, 0.25) is 6.79 Å². The van der Waals surface area contributed by atoms with E-state index >= 15 is 0 Å². The van der Waals surface area contributed by atoms with Crippen LogP contribution in [0.2, 0.25) is 0 Å². The van der Waals surface area contributed by atoms with Crippen molar-refractivity contribution in [2.45, 2.75) is 27.7 Å². The van der Waals surface area contributed by atoms with Gasteiger partial charge in [-0.1, -0.05) is 13.8 Å². The molecule has 0 fully saturated rings. The summed E-state index contributed by atoms with van der Waals surface area (Å²) in [6.45, 7) is 8.49. The first-order chi connectivity index (χ1) is 6.27. The molecule has 2 heteroatoms. The third-order valence-corrected chi connectivity index (χ3v) is 1.99. The fourth-order valence-corrected chi connectivity index (χ4v) is 1.15. The first-order valence-corrected chi connectivity index (χ1v) is 4.64. The fraction of sp³-hybridized carbons (Fsp3) is 0.455. The maximum atomic E-state index is 5.21. The lowest BCUT2D eigenvalue weighted by Crippen LogP contribution is -1.92.